The Hall–Kier alpha value is -2.19. The van der Waals surface area contributed by atoms with Gasteiger partial charge in [0.2, 0.25) is 0 Å². The minimum Gasteiger partial charge on any atom is -0.339 e. The van der Waals surface area contributed by atoms with Gasteiger partial charge in [-0.05, 0) is 65.9 Å². The first-order chi connectivity index (χ1) is 12.4. The van der Waals surface area contributed by atoms with Gasteiger partial charge in [-0.3, -0.25) is 0 Å². The summed E-state index contributed by atoms with van der Waals surface area (Å²) in [5.41, 5.74) is 2.46. The van der Waals surface area contributed by atoms with Crippen LogP contribution in [0.5, 0.6) is 0 Å². The van der Waals surface area contributed by atoms with Crippen LogP contribution >= 0.6 is 22.6 Å². The van der Waals surface area contributed by atoms with Crippen LogP contribution in [0.1, 0.15) is 11.1 Å². The Morgan fingerprint density at radius 1 is 0.885 bits per heavy atom. The number of aryl methyl sites for hydroxylation is 1. The Kier molecular flexibility index (Phi) is 5.73. The molecule has 0 aliphatic rings. The van der Waals surface area contributed by atoms with Crippen LogP contribution in [0.2, 0.25) is 0 Å². The molecular formula is C20H17IN2O2S. The van der Waals surface area contributed by atoms with Crippen molar-refractivity contribution in [1.29, 1.82) is 0 Å². The second-order valence-corrected chi connectivity index (χ2v) is 8.58. The zero-order valence-electron chi connectivity index (χ0n) is 14.1. The highest BCUT2D eigenvalue weighted by Gasteiger charge is 2.15. The summed E-state index contributed by atoms with van der Waals surface area (Å²) < 4.78 is 30.7. The number of hydrogen-bond acceptors (Lipinski definition) is 2. The Morgan fingerprint density at radius 3 is 2.12 bits per heavy atom. The lowest BCUT2D eigenvalue weighted by molar-refractivity contribution is 0.598. The lowest BCUT2D eigenvalue weighted by Gasteiger charge is -2.11. The van der Waals surface area contributed by atoms with Crippen LogP contribution in [0.25, 0.3) is 0 Å². The highest BCUT2D eigenvalue weighted by Crippen LogP contribution is 2.17. The molecule has 0 fully saturated rings. The maximum atomic E-state index is 12.7. The Balaban J connectivity index is 2.03. The lowest BCUT2D eigenvalue weighted by Crippen LogP contribution is -2.16. The predicted molar refractivity (Wildman–Crippen MR) is 114 cm³/mol. The lowest BCUT2D eigenvalue weighted by atomic mass is 10.2. The molecule has 0 unspecified atom stereocenters. The third-order valence-corrected chi connectivity index (χ3v) is 5.69. The molecule has 0 saturated carbocycles. The summed E-state index contributed by atoms with van der Waals surface area (Å²) in [7, 11) is -3.83. The molecule has 0 aromatic heterocycles. The summed E-state index contributed by atoms with van der Waals surface area (Å²) in [4.78, 5) is 0.168. The normalized spacial score (nSPS) is 12.0. The molecule has 0 atom stereocenters. The van der Waals surface area contributed by atoms with Gasteiger partial charge in [-0.15, -0.1) is 4.40 Å². The predicted octanol–water partition coefficient (Wildman–Crippen LogP) is 4.85. The fourth-order valence-electron chi connectivity index (χ4n) is 2.30. The van der Waals surface area contributed by atoms with Gasteiger partial charge in [-0.1, -0.05) is 48.0 Å². The van der Waals surface area contributed by atoms with E-state index in [2.05, 4.69) is 32.3 Å². The molecule has 0 spiro atoms. The van der Waals surface area contributed by atoms with E-state index in [1.54, 1.807) is 24.3 Å². The first-order valence-electron chi connectivity index (χ1n) is 7.94. The maximum absolute atomic E-state index is 12.7. The number of amidine groups is 1. The van der Waals surface area contributed by atoms with E-state index in [4.69, 9.17) is 0 Å². The van der Waals surface area contributed by atoms with Crippen LogP contribution in [-0.4, -0.2) is 14.3 Å². The molecule has 26 heavy (non-hydrogen) atoms. The van der Waals surface area contributed by atoms with Crippen LogP contribution in [0, 0.1) is 10.5 Å². The average Bonchev–Trinajstić information content (AvgIpc) is 2.64. The smallest absolute Gasteiger partial charge is 0.284 e. The summed E-state index contributed by atoms with van der Waals surface area (Å²) in [6, 6.07) is 23.5. The van der Waals surface area contributed by atoms with Crippen molar-refractivity contribution in [1.82, 2.24) is 0 Å². The summed E-state index contributed by atoms with van der Waals surface area (Å²) in [6.45, 7) is 1.91. The van der Waals surface area contributed by atoms with E-state index in [0.717, 1.165) is 14.8 Å². The number of benzene rings is 3. The van der Waals surface area contributed by atoms with Crippen molar-refractivity contribution < 1.29 is 8.42 Å². The third kappa shape index (κ3) is 4.70. The molecule has 0 saturated heterocycles. The van der Waals surface area contributed by atoms with Gasteiger partial charge in [0.1, 0.15) is 0 Å². The number of sulfonamides is 1. The average molecular weight is 476 g/mol. The quantitative estimate of drug-likeness (QED) is 0.333. The fourth-order valence-corrected chi connectivity index (χ4v) is 3.63. The van der Waals surface area contributed by atoms with Gasteiger partial charge in [0.05, 0.1) is 4.90 Å². The van der Waals surface area contributed by atoms with Crippen LogP contribution < -0.4 is 5.32 Å². The highest BCUT2D eigenvalue weighted by molar-refractivity contribution is 14.1. The molecule has 6 heteroatoms. The number of nitrogens with zero attached hydrogens (tertiary/aromatic N) is 1. The van der Waals surface area contributed by atoms with E-state index in [9.17, 15) is 8.42 Å². The molecule has 132 valence electrons. The number of hydrogen-bond donors (Lipinski definition) is 1. The van der Waals surface area contributed by atoms with Gasteiger partial charge in [-0.25, -0.2) is 0 Å². The third-order valence-electron chi connectivity index (χ3n) is 3.68. The molecule has 4 nitrogen and oxygen atoms in total. The number of nitrogens with one attached hydrogen (secondary N) is 1. The van der Waals surface area contributed by atoms with Gasteiger partial charge >= 0.3 is 0 Å². The monoisotopic (exact) mass is 476 g/mol. The van der Waals surface area contributed by atoms with Gasteiger partial charge < -0.3 is 5.32 Å². The van der Waals surface area contributed by atoms with Crippen molar-refractivity contribution in [2.75, 3.05) is 5.32 Å². The van der Waals surface area contributed by atoms with Crippen molar-refractivity contribution in [3.8, 4) is 0 Å². The van der Waals surface area contributed by atoms with Crippen LogP contribution in [0.3, 0.4) is 0 Å². The minimum atomic E-state index is -3.83. The summed E-state index contributed by atoms with van der Waals surface area (Å²) in [6.07, 6.45) is 0. The molecule has 0 heterocycles. The molecule has 0 aliphatic heterocycles. The van der Waals surface area contributed by atoms with Crippen LogP contribution in [0.15, 0.2) is 88.2 Å². The molecule has 3 aromatic carbocycles. The first kappa shape index (κ1) is 18.6. The number of rotatable bonds is 4. The Bertz CT molecular complexity index is 1010. The molecule has 3 aromatic rings. The molecule has 0 amide bonds. The fraction of sp³-hybridized carbons (Fsp3) is 0.0500. The number of anilines is 1. The molecule has 0 bridgehead atoms. The summed E-state index contributed by atoms with van der Waals surface area (Å²) in [5, 5.41) is 3.13. The van der Waals surface area contributed by atoms with Crippen LogP contribution in [-0.2, 0) is 10.0 Å². The van der Waals surface area contributed by atoms with E-state index in [-0.39, 0.29) is 10.7 Å². The van der Waals surface area contributed by atoms with Crippen molar-refractivity contribution in [3.05, 3.63) is 93.6 Å². The van der Waals surface area contributed by atoms with Crippen molar-refractivity contribution in [2.24, 2.45) is 4.40 Å². The maximum Gasteiger partial charge on any atom is 0.284 e. The second-order valence-electron chi connectivity index (χ2n) is 5.73. The second kappa shape index (κ2) is 8.01. The van der Waals surface area contributed by atoms with Gasteiger partial charge in [0.15, 0.2) is 5.84 Å². The topological polar surface area (TPSA) is 58.5 Å². The highest BCUT2D eigenvalue weighted by atomic mass is 127. The first-order valence-corrected chi connectivity index (χ1v) is 10.5. The molecular weight excluding hydrogens is 459 g/mol. The SMILES string of the molecule is Cc1ccc(S(=O)(=O)N=C(Nc2ccc(I)cc2)c2ccccc2)cc1. The van der Waals surface area contributed by atoms with E-state index in [1.165, 1.54) is 0 Å². The Labute approximate surface area is 167 Å². The summed E-state index contributed by atoms with van der Waals surface area (Å²) >= 11 is 2.22. The van der Waals surface area contributed by atoms with E-state index >= 15 is 0 Å². The number of halogens is 1. The van der Waals surface area contributed by atoms with E-state index < -0.39 is 10.0 Å². The summed E-state index contributed by atoms with van der Waals surface area (Å²) in [5.74, 6) is 0.285. The standard InChI is InChI=1S/C20H17IN2O2S/c1-15-7-13-19(14-8-15)26(24,25)23-20(16-5-3-2-4-6-16)22-18-11-9-17(21)10-12-18/h2-14H,1H3,(H,22,23). The van der Waals surface area contributed by atoms with E-state index in [0.29, 0.717) is 5.56 Å². The van der Waals surface area contributed by atoms with Crippen molar-refractivity contribution in [2.45, 2.75) is 11.8 Å². The molecule has 0 aliphatic carbocycles. The zero-order valence-corrected chi connectivity index (χ0v) is 17.0. The molecule has 3 rings (SSSR count). The van der Waals surface area contributed by atoms with Crippen LogP contribution in [0.4, 0.5) is 5.69 Å². The van der Waals surface area contributed by atoms with Crippen molar-refractivity contribution in [3.63, 3.8) is 0 Å². The zero-order chi connectivity index (χ0) is 18.6. The Morgan fingerprint density at radius 2 is 1.50 bits per heavy atom. The minimum absolute atomic E-state index is 0.168. The van der Waals surface area contributed by atoms with Gasteiger partial charge in [0.25, 0.3) is 10.0 Å². The largest absolute Gasteiger partial charge is 0.339 e. The van der Waals surface area contributed by atoms with E-state index in [1.807, 2.05) is 61.5 Å². The van der Waals surface area contributed by atoms with Gasteiger partial charge in [-0.2, -0.15) is 8.42 Å². The molecule has 0 radical (unpaired) electrons. The van der Waals surface area contributed by atoms with Gasteiger partial charge in [0, 0.05) is 14.8 Å². The van der Waals surface area contributed by atoms with Crippen molar-refractivity contribution >= 4 is 44.1 Å². The molecule has 1 N–H and O–H groups in total.